The van der Waals surface area contributed by atoms with Gasteiger partial charge in [0, 0.05) is 24.0 Å². The lowest BCUT2D eigenvalue weighted by atomic mass is 9.68. The van der Waals surface area contributed by atoms with Crippen LogP contribution in [0.15, 0.2) is 29.2 Å². The quantitative estimate of drug-likeness (QED) is 0.792. The van der Waals surface area contributed by atoms with Crippen LogP contribution in [-0.4, -0.2) is 72.4 Å². The van der Waals surface area contributed by atoms with Gasteiger partial charge in [-0.2, -0.15) is 0 Å². The Bertz CT molecular complexity index is 683. The first-order valence-electron chi connectivity index (χ1n) is 8.94. The number of carboxylic acid groups (broad SMARTS) is 1. The van der Waals surface area contributed by atoms with Crippen LogP contribution in [0.2, 0.25) is 0 Å². The Morgan fingerprint density at radius 3 is 2.88 bits per heavy atom. The molecule has 2 heterocycles. The summed E-state index contributed by atoms with van der Waals surface area (Å²) in [6.45, 7) is 1.91. The van der Waals surface area contributed by atoms with Crippen LogP contribution in [0.4, 0.5) is 0 Å². The average Bonchev–Trinajstić information content (AvgIpc) is 2.66. The van der Waals surface area contributed by atoms with Crippen molar-refractivity contribution in [2.45, 2.75) is 30.2 Å². The standard InChI is InChI=1S/C19H26N2O4S/c1-20-9-4-7-19(18(23)24)8-10-21(12-16(19)20)17(22)13-26-15-6-3-5-14(11-15)25-2/h3,5-6,11,16H,4,7-10,12-13H2,1-2H3,(H,23,24)/t16-,19+/m1/s1. The van der Waals surface area contributed by atoms with Gasteiger partial charge in [-0.15, -0.1) is 11.8 Å². The van der Waals surface area contributed by atoms with Crippen molar-refractivity contribution in [3.05, 3.63) is 24.3 Å². The van der Waals surface area contributed by atoms with Gasteiger partial charge in [0.25, 0.3) is 0 Å². The van der Waals surface area contributed by atoms with Crippen molar-refractivity contribution < 1.29 is 19.4 Å². The highest BCUT2D eigenvalue weighted by atomic mass is 32.2. The highest BCUT2D eigenvalue weighted by molar-refractivity contribution is 8.00. The van der Waals surface area contributed by atoms with E-state index in [2.05, 4.69) is 4.90 Å². The molecule has 2 atom stereocenters. The summed E-state index contributed by atoms with van der Waals surface area (Å²) in [5.41, 5.74) is -0.705. The summed E-state index contributed by atoms with van der Waals surface area (Å²) in [6, 6.07) is 7.55. The van der Waals surface area contributed by atoms with Gasteiger partial charge in [-0.3, -0.25) is 9.59 Å². The van der Waals surface area contributed by atoms with E-state index in [1.165, 1.54) is 11.8 Å². The Hall–Kier alpha value is -1.73. The molecule has 0 aromatic heterocycles. The molecule has 6 nitrogen and oxygen atoms in total. The largest absolute Gasteiger partial charge is 0.497 e. The zero-order valence-corrected chi connectivity index (χ0v) is 16.1. The first-order valence-corrected chi connectivity index (χ1v) is 9.93. The van der Waals surface area contributed by atoms with E-state index in [1.807, 2.05) is 36.2 Å². The zero-order valence-electron chi connectivity index (χ0n) is 15.3. The van der Waals surface area contributed by atoms with E-state index in [0.717, 1.165) is 23.6 Å². The summed E-state index contributed by atoms with van der Waals surface area (Å²) < 4.78 is 5.21. The number of methoxy groups -OCH3 is 1. The first-order chi connectivity index (χ1) is 12.5. The number of aliphatic carboxylic acids is 1. The molecule has 3 rings (SSSR count). The molecule has 0 bridgehead atoms. The predicted molar refractivity (Wildman–Crippen MR) is 101 cm³/mol. The number of carbonyl (C=O) groups excluding carboxylic acids is 1. The second-order valence-electron chi connectivity index (χ2n) is 7.12. The number of rotatable bonds is 5. The fourth-order valence-corrected chi connectivity index (χ4v) is 4.99. The lowest BCUT2D eigenvalue weighted by Crippen LogP contribution is -2.63. The summed E-state index contributed by atoms with van der Waals surface area (Å²) in [5.74, 6) is 0.474. The van der Waals surface area contributed by atoms with Crippen molar-refractivity contribution in [2.24, 2.45) is 5.41 Å². The smallest absolute Gasteiger partial charge is 0.311 e. The van der Waals surface area contributed by atoms with Crippen LogP contribution < -0.4 is 4.74 Å². The third kappa shape index (κ3) is 3.69. The topological polar surface area (TPSA) is 70.1 Å². The predicted octanol–water partition coefficient (Wildman–Crippen LogP) is 2.18. The number of likely N-dealkylation sites (N-methyl/N-ethyl adjacent to an activating group) is 1. The molecule has 1 N–H and O–H groups in total. The van der Waals surface area contributed by atoms with Crippen molar-refractivity contribution in [1.82, 2.24) is 9.80 Å². The van der Waals surface area contributed by atoms with Crippen molar-refractivity contribution in [1.29, 1.82) is 0 Å². The maximum absolute atomic E-state index is 12.7. The van der Waals surface area contributed by atoms with E-state index >= 15 is 0 Å². The molecule has 0 unspecified atom stereocenters. The average molecular weight is 378 g/mol. The van der Waals surface area contributed by atoms with Gasteiger partial charge >= 0.3 is 5.97 Å². The minimum atomic E-state index is -0.716. The number of benzene rings is 1. The van der Waals surface area contributed by atoms with Gasteiger partial charge in [0.05, 0.1) is 18.3 Å². The second kappa shape index (κ2) is 7.88. The number of nitrogens with zero attached hydrogens (tertiary/aromatic N) is 2. The Labute approximate surface area is 158 Å². The normalized spacial score (nSPS) is 26.2. The highest BCUT2D eigenvalue weighted by Crippen LogP contribution is 2.42. The van der Waals surface area contributed by atoms with Gasteiger partial charge in [0.15, 0.2) is 0 Å². The van der Waals surface area contributed by atoms with E-state index < -0.39 is 11.4 Å². The lowest BCUT2D eigenvalue weighted by molar-refractivity contribution is -0.164. The molecule has 2 saturated heterocycles. The van der Waals surface area contributed by atoms with Crippen LogP contribution in [0.1, 0.15) is 19.3 Å². The minimum Gasteiger partial charge on any atom is -0.497 e. The van der Waals surface area contributed by atoms with Gasteiger partial charge in [0.1, 0.15) is 5.75 Å². The molecule has 1 aromatic carbocycles. The van der Waals surface area contributed by atoms with E-state index in [4.69, 9.17) is 4.74 Å². The summed E-state index contributed by atoms with van der Waals surface area (Å²) >= 11 is 1.49. The van der Waals surface area contributed by atoms with Crippen molar-refractivity contribution >= 4 is 23.6 Å². The van der Waals surface area contributed by atoms with Gasteiger partial charge in [0.2, 0.25) is 5.91 Å². The molecular weight excluding hydrogens is 352 g/mol. The minimum absolute atomic E-state index is 0.0655. The number of fused-ring (bicyclic) bond motifs is 1. The Balaban J connectivity index is 1.63. The number of likely N-dealkylation sites (tertiary alicyclic amines) is 2. The maximum Gasteiger partial charge on any atom is 0.311 e. The number of piperidine rings is 2. The molecule has 0 aliphatic carbocycles. The molecule has 2 aliphatic rings. The van der Waals surface area contributed by atoms with E-state index in [-0.39, 0.29) is 11.9 Å². The third-order valence-electron chi connectivity index (χ3n) is 5.71. The molecule has 0 saturated carbocycles. The van der Waals surface area contributed by atoms with Crippen molar-refractivity contribution in [2.75, 3.05) is 39.5 Å². The van der Waals surface area contributed by atoms with E-state index in [1.54, 1.807) is 7.11 Å². The Morgan fingerprint density at radius 1 is 1.35 bits per heavy atom. The van der Waals surface area contributed by atoms with Crippen LogP contribution in [-0.2, 0) is 9.59 Å². The summed E-state index contributed by atoms with van der Waals surface area (Å²) in [4.78, 5) is 29.6. The van der Waals surface area contributed by atoms with Crippen LogP contribution in [0.5, 0.6) is 5.75 Å². The van der Waals surface area contributed by atoms with Crippen LogP contribution in [0.25, 0.3) is 0 Å². The summed E-state index contributed by atoms with van der Waals surface area (Å²) in [5, 5.41) is 9.82. The first kappa shape index (κ1) is 19.0. The van der Waals surface area contributed by atoms with Gasteiger partial charge in [-0.25, -0.2) is 0 Å². The molecular formula is C19H26N2O4S. The van der Waals surface area contributed by atoms with Gasteiger partial charge in [-0.05, 0) is 51.1 Å². The van der Waals surface area contributed by atoms with E-state index in [9.17, 15) is 14.7 Å². The fourth-order valence-electron chi connectivity index (χ4n) is 4.14. The number of hydrogen-bond donors (Lipinski definition) is 1. The second-order valence-corrected chi connectivity index (χ2v) is 8.17. The highest BCUT2D eigenvalue weighted by Gasteiger charge is 2.52. The molecule has 0 spiro atoms. The molecule has 2 fully saturated rings. The van der Waals surface area contributed by atoms with Gasteiger partial charge < -0.3 is 19.6 Å². The molecule has 2 aliphatic heterocycles. The molecule has 7 heteroatoms. The summed E-state index contributed by atoms with van der Waals surface area (Å²) in [6.07, 6.45) is 2.14. The third-order valence-corrected chi connectivity index (χ3v) is 6.69. The maximum atomic E-state index is 12.7. The van der Waals surface area contributed by atoms with Crippen LogP contribution in [0.3, 0.4) is 0 Å². The molecule has 1 aromatic rings. The summed E-state index contributed by atoms with van der Waals surface area (Å²) in [7, 11) is 3.60. The van der Waals surface area contributed by atoms with Crippen molar-refractivity contribution in [3.8, 4) is 5.75 Å². The Kier molecular flexibility index (Phi) is 5.77. The van der Waals surface area contributed by atoms with Gasteiger partial charge in [-0.1, -0.05) is 6.07 Å². The fraction of sp³-hybridized carbons (Fsp3) is 0.579. The lowest BCUT2D eigenvalue weighted by Gasteiger charge is -2.51. The molecule has 0 radical (unpaired) electrons. The zero-order chi connectivity index (χ0) is 18.7. The number of hydrogen-bond acceptors (Lipinski definition) is 5. The number of carbonyl (C=O) groups is 2. The number of ether oxygens (including phenoxy) is 1. The SMILES string of the molecule is COc1cccc(SCC(=O)N2CC[C@@]3(C(=O)O)CCCN(C)[C@@H]3C2)c1. The molecule has 26 heavy (non-hydrogen) atoms. The van der Waals surface area contributed by atoms with Crippen molar-refractivity contribution in [3.63, 3.8) is 0 Å². The van der Waals surface area contributed by atoms with E-state index in [0.29, 0.717) is 31.7 Å². The molecule has 142 valence electrons. The molecule has 1 amide bonds. The number of carboxylic acids is 1. The Morgan fingerprint density at radius 2 is 2.15 bits per heavy atom. The number of amides is 1. The number of thioether (sulfide) groups is 1. The van der Waals surface area contributed by atoms with Crippen LogP contribution >= 0.6 is 11.8 Å². The monoisotopic (exact) mass is 378 g/mol. The van der Waals surface area contributed by atoms with Crippen LogP contribution in [0, 0.1) is 5.41 Å².